The van der Waals surface area contributed by atoms with Crippen molar-refractivity contribution in [3.63, 3.8) is 0 Å². The predicted molar refractivity (Wildman–Crippen MR) is 113 cm³/mol. The zero-order chi connectivity index (χ0) is 17.0. The zero-order valence-electron chi connectivity index (χ0n) is 14.9. The van der Waals surface area contributed by atoms with Crippen molar-refractivity contribution < 1.29 is 9.52 Å². The SMILES string of the molecule is CN=C(NCC1(O)CCCCC1)NC(C)c1cc2ccccc2o1.I. The van der Waals surface area contributed by atoms with Crippen molar-refractivity contribution in [1.82, 2.24) is 10.6 Å². The maximum Gasteiger partial charge on any atom is 0.191 e. The zero-order valence-corrected chi connectivity index (χ0v) is 17.2. The smallest absolute Gasteiger partial charge is 0.191 e. The summed E-state index contributed by atoms with van der Waals surface area (Å²) in [6, 6.07) is 10.0. The number of guanidine groups is 1. The number of benzene rings is 1. The van der Waals surface area contributed by atoms with Crippen molar-refractivity contribution in [2.24, 2.45) is 4.99 Å². The molecule has 0 saturated heterocycles. The third-order valence-electron chi connectivity index (χ3n) is 4.82. The average molecular weight is 457 g/mol. The Morgan fingerprint density at radius 2 is 2.00 bits per heavy atom. The van der Waals surface area contributed by atoms with E-state index in [0.717, 1.165) is 42.4 Å². The number of para-hydroxylation sites is 1. The Hall–Kier alpha value is -1.28. The molecule has 3 rings (SSSR count). The molecule has 1 saturated carbocycles. The van der Waals surface area contributed by atoms with Crippen LogP contribution in [0.2, 0.25) is 0 Å². The Labute approximate surface area is 166 Å². The minimum atomic E-state index is -0.613. The van der Waals surface area contributed by atoms with Crippen molar-refractivity contribution in [2.75, 3.05) is 13.6 Å². The lowest BCUT2D eigenvalue weighted by Crippen LogP contribution is -2.48. The molecule has 6 heteroatoms. The van der Waals surface area contributed by atoms with Gasteiger partial charge < -0.3 is 20.2 Å². The first-order valence-electron chi connectivity index (χ1n) is 8.78. The molecule has 1 atom stereocenters. The topological polar surface area (TPSA) is 69.8 Å². The third kappa shape index (κ3) is 5.10. The second-order valence-electron chi connectivity index (χ2n) is 6.76. The van der Waals surface area contributed by atoms with Crippen LogP contribution < -0.4 is 10.6 Å². The van der Waals surface area contributed by atoms with Gasteiger partial charge in [-0.1, -0.05) is 37.5 Å². The first-order valence-corrected chi connectivity index (χ1v) is 8.78. The number of fused-ring (bicyclic) bond motifs is 1. The fourth-order valence-corrected chi connectivity index (χ4v) is 3.32. The van der Waals surface area contributed by atoms with E-state index in [1.165, 1.54) is 6.42 Å². The van der Waals surface area contributed by atoms with Crippen molar-refractivity contribution in [3.8, 4) is 0 Å². The summed E-state index contributed by atoms with van der Waals surface area (Å²) < 4.78 is 5.89. The Kier molecular flexibility index (Phi) is 7.13. The van der Waals surface area contributed by atoms with E-state index in [-0.39, 0.29) is 30.0 Å². The Morgan fingerprint density at radius 3 is 2.68 bits per heavy atom. The van der Waals surface area contributed by atoms with E-state index in [2.05, 4.69) is 21.7 Å². The van der Waals surface area contributed by atoms with Gasteiger partial charge in [-0.2, -0.15) is 0 Å². The van der Waals surface area contributed by atoms with E-state index in [0.29, 0.717) is 12.5 Å². The molecule has 0 radical (unpaired) electrons. The van der Waals surface area contributed by atoms with E-state index in [9.17, 15) is 5.11 Å². The lowest BCUT2D eigenvalue weighted by Gasteiger charge is -2.32. The van der Waals surface area contributed by atoms with Crippen LogP contribution >= 0.6 is 24.0 Å². The largest absolute Gasteiger partial charge is 0.459 e. The summed E-state index contributed by atoms with van der Waals surface area (Å²) in [5, 5.41) is 18.3. The van der Waals surface area contributed by atoms with Gasteiger partial charge in [-0.25, -0.2) is 0 Å². The summed E-state index contributed by atoms with van der Waals surface area (Å²) in [5.41, 5.74) is 0.277. The fraction of sp³-hybridized carbons (Fsp3) is 0.526. The normalized spacial score (nSPS) is 18.4. The minimum Gasteiger partial charge on any atom is -0.459 e. The van der Waals surface area contributed by atoms with Crippen LogP contribution in [0.25, 0.3) is 11.0 Å². The quantitative estimate of drug-likeness (QED) is 0.369. The highest BCUT2D eigenvalue weighted by Crippen LogP contribution is 2.27. The molecule has 1 aliphatic carbocycles. The van der Waals surface area contributed by atoms with E-state index >= 15 is 0 Å². The second kappa shape index (κ2) is 8.89. The molecule has 5 nitrogen and oxygen atoms in total. The summed E-state index contributed by atoms with van der Waals surface area (Å²) in [4.78, 5) is 4.26. The van der Waals surface area contributed by atoms with Gasteiger partial charge in [-0.15, -0.1) is 24.0 Å². The molecule has 0 bridgehead atoms. The van der Waals surface area contributed by atoms with Gasteiger partial charge in [0.2, 0.25) is 0 Å². The van der Waals surface area contributed by atoms with Gasteiger partial charge in [0, 0.05) is 19.0 Å². The summed E-state index contributed by atoms with van der Waals surface area (Å²) in [7, 11) is 1.74. The number of rotatable bonds is 4. The number of hydrogen-bond acceptors (Lipinski definition) is 3. The molecule has 0 amide bonds. The van der Waals surface area contributed by atoms with Crippen LogP contribution in [-0.2, 0) is 0 Å². The molecule has 1 unspecified atom stereocenters. The number of furan rings is 1. The molecular weight excluding hydrogens is 429 g/mol. The van der Waals surface area contributed by atoms with Crippen LogP contribution in [0, 0.1) is 0 Å². The molecule has 1 fully saturated rings. The number of nitrogens with zero attached hydrogens (tertiary/aromatic N) is 1. The van der Waals surface area contributed by atoms with E-state index in [1.54, 1.807) is 7.05 Å². The van der Waals surface area contributed by atoms with Gasteiger partial charge in [0.1, 0.15) is 11.3 Å². The number of nitrogens with one attached hydrogen (secondary N) is 2. The Bertz CT molecular complexity index is 675. The molecule has 0 spiro atoms. The highest BCUT2D eigenvalue weighted by atomic mass is 127. The van der Waals surface area contributed by atoms with Crippen LogP contribution in [0.3, 0.4) is 0 Å². The summed E-state index contributed by atoms with van der Waals surface area (Å²) in [6.07, 6.45) is 5.13. The first-order chi connectivity index (χ1) is 11.6. The molecule has 1 aliphatic rings. The van der Waals surface area contributed by atoms with Crippen LogP contribution in [0.5, 0.6) is 0 Å². The molecule has 1 heterocycles. The monoisotopic (exact) mass is 457 g/mol. The number of halogens is 1. The van der Waals surface area contributed by atoms with Crippen LogP contribution in [0.15, 0.2) is 39.7 Å². The van der Waals surface area contributed by atoms with Gasteiger partial charge in [0.05, 0.1) is 11.6 Å². The summed E-state index contributed by atoms with van der Waals surface area (Å²) in [5.74, 6) is 1.55. The third-order valence-corrected chi connectivity index (χ3v) is 4.82. The maximum atomic E-state index is 10.6. The van der Waals surface area contributed by atoms with Crippen LogP contribution in [-0.4, -0.2) is 30.3 Å². The van der Waals surface area contributed by atoms with Crippen molar-refractivity contribution in [1.29, 1.82) is 0 Å². The highest BCUT2D eigenvalue weighted by molar-refractivity contribution is 14.0. The van der Waals surface area contributed by atoms with E-state index < -0.39 is 5.60 Å². The van der Waals surface area contributed by atoms with Gasteiger partial charge in [-0.05, 0) is 31.9 Å². The molecule has 138 valence electrons. The predicted octanol–water partition coefficient (Wildman–Crippen LogP) is 3.97. The highest BCUT2D eigenvalue weighted by Gasteiger charge is 2.29. The Morgan fingerprint density at radius 1 is 1.28 bits per heavy atom. The molecular formula is C19H28IN3O2. The maximum absolute atomic E-state index is 10.6. The van der Waals surface area contributed by atoms with Gasteiger partial charge in [0.15, 0.2) is 5.96 Å². The number of aliphatic hydroxyl groups is 1. The minimum absolute atomic E-state index is 0. The standard InChI is InChI=1S/C19H27N3O2.HI/c1-14(17-12-15-8-4-5-9-16(15)24-17)22-18(20-2)21-13-19(23)10-6-3-7-11-19;/h4-5,8-9,12,14,23H,3,6-7,10-11,13H2,1-2H3,(H2,20,21,22);1H. The fourth-order valence-electron chi connectivity index (χ4n) is 3.32. The Balaban J connectivity index is 0.00000225. The molecule has 0 aliphatic heterocycles. The van der Waals surface area contributed by atoms with Crippen LogP contribution in [0.4, 0.5) is 0 Å². The molecule has 1 aromatic heterocycles. The van der Waals surface area contributed by atoms with E-state index in [4.69, 9.17) is 4.42 Å². The van der Waals surface area contributed by atoms with Gasteiger partial charge in [-0.3, -0.25) is 4.99 Å². The molecule has 25 heavy (non-hydrogen) atoms. The lowest BCUT2D eigenvalue weighted by molar-refractivity contribution is 0.00856. The second-order valence-corrected chi connectivity index (χ2v) is 6.76. The van der Waals surface area contributed by atoms with Gasteiger partial charge in [0.25, 0.3) is 0 Å². The first kappa shape index (κ1) is 20.0. The van der Waals surface area contributed by atoms with Gasteiger partial charge >= 0.3 is 0 Å². The van der Waals surface area contributed by atoms with E-state index in [1.807, 2.05) is 31.2 Å². The van der Waals surface area contributed by atoms with Crippen LogP contribution in [0.1, 0.15) is 50.8 Å². The molecule has 2 aromatic rings. The summed E-state index contributed by atoms with van der Waals surface area (Å²) in [6.45, 7) is 2.57. The number of aliphatic imine (C=N–C) groups is 1. The summed E-state index contributed by atoms with van der Waals surface area (Å²) >= 11 is 0. The number of hydrogen-bond donors (Lipinski definition) is 3. The molecule has 3 N–H and O–H groups in total. The molecule has 1 aromatic carbocycles. The van der Waals surface area contributed by atoms with Crippen molar-refractivity contribution >= 4 is 40.9 Å². The average Bonchev–Trinajstić information content (AvgIpc) is 3.03. The van der Waals surface area contributed by atoms with Crippen molar-refractivity contribution in [3.05, 3.63) is 36.1 Å². The van der Waals surface area contributed by atoms with Crippen molar-refractivity contribution in [2.45, 2.75) is 50.7 Å². The lowest BCUT2D eigenvalue weighted by atomic mass is 9.85.